The van der Waals surface area contributed by atoms with Crippen molar-refractivity contribution in [3.63, 3.8) is 0 Å². The van der Waals surface area contributed by atoms with Gasteiger partial charge in [0.15, 0.2) is 0 Å². The van der Waals surface area contributed by atoms with Crippen LogP contribution in [0.3, 0.4) is 0 Å². The largest absolute Gasteiger partial charge is 0.396 e. The van der Waals surface area contributed by atoms with Crippen molar-refractivity contribution >= 4 is 0 Å². The Morgan fingerprint density at radius 2 is 2.27 bits per heavy atom. The summed E-state index contributed by atoms with van der Waals surface area (Å²) in [5.74, 6) is 0.686. The Hall–Kier alpha value is -0.800. The van der Waals surface area contributed by atoms with Crippen LogP contribution < -0.4 is 5.32 Å². The first-order valence-electron chi connectivity index (χ1n) is 5.69. The molecule has 0 bridgehead atoms. The van der Waals surface area contributed by atoms with E-state index >= 15 is 0 Å². The first-order valence-corrected chi connectivity index (χ1v) is 5.69. The normalized spacial score (nSPS) is 11.2. The maximum absolute atomic E-state index is 8.78. The van der Waals surface area contributed by atoms with Crippen molar-refractivity contribution < 1.29 is 5.11 Å². The van der Waals surface area contributed by atoms with Gasteiger partial charge >= 0.3 is 0 Å². The van der Waals surface area contributed by atoms with Crippen LogP contribution >= 0.6 is 0 Å². The second-order valence-corrected chi connectivity index (χ2v) is 4.29. The molecule has 0 radical (unpaired) electrons. The van der Waals surface area contributed by atoms with E-state index in [1.54, 1.807) is 0 Å². The van der Waals surface area contributed by atoms with Gasteiger partial charge in [-0.25, -0.2) is 0 Å². The highest BCUT2D eigenvalue weighted by molar-refractivity contribution is 5.06. The van der Waals surface area contributed by atoms with E-state index in [9.17, 15) is 0 Å². The van der Waals surface area contributed by atoms with Gasteiger partial charge in [-0.15, -0.1) is 0 Å². The fourth-order valence-electron chi connectivity index (χ4n) is 1.56. The maximum Gasteiger partial charge on any atom is 0.0448 e. The van der Waals surface area contributed by atoms with Crippen LogP contribution in [0.25, 0.3) is 0 Å². The molecular weight excluding hydrogens is 188 g/mol. The number of rotatable bonds is 7. The maximum atomic E-state index is 8.78. The summed E-state index contributed by atoms with van der Waals surface area (Å²) in [6, 6.07) is 4.19. The van der Waals surface area contributed by atoms with Crippen LogP contribution in [0.2, 0.25) is 0 Å². The van der Waals surface area contributed by atoms with Crippen molar-refractivity contribution in [1.29, 1.82) is 0 Å². The Kier molecular flexibility index (Phi) is 5.43. The van der Waals surface area contributed by atoms with E-state index < -0.39 is 0 Å². The summed E-state index contributed by atoms with van der Waals surface area (Å²) in [6.45, 7) is 7.54. The van der Waals surface area contributed by atoms with Gasteiger partial charge in [-0.2, -0.15) is 0 Å². The molecule has 0 amide bonds. The average molecular weight is 210 g/mol. The number of hydrogen-bond donors (Lipinski definition) is 2. The number of aryl methyl sites for hydroxylation is 1. The molecular formula is C12H22N2O. The smallest absolute Gasteiger partial charge is 0.0448 e. The highest BCUT2D eigenvalue weighted by Gasteiger charge is 2.00. The van der Waals surface area contributed by atoms with Gasteiger partial charge in [-0.3, -0.25) is 0 Å². The lowest BCUT2D eigenvalue weighted by Gasteiger charge is -2.10. The Morgan fingerprint density at radius 1 is 1.47 bits per heavy atom. The minimum Gasteiger partial charge on any atom is -0.396 e. The molecule has 0 atom stereocenters. The van der Waals surface area contributed by atoms with E-state index in [2.05, 4.69) is 42.1 Å². The van der Waals surface area contributed by atoms with Gasteiger partial charge in [0.25, 0.3) is 0 Å². The standard InChI is InChI=1S/C12H22N2O/c1-11(2)9-13-10-12-5-3-6-14(12)7-4-8-15/h3,5-6,11,13,15H,4,7-10H2,1-2H3. The fraction of sp³-hybridized carbons (Fsp3) is 0.667. The van der Waals surface area contributed by atoms with Crippen molar-refractivity contribution in [2.24, 2.45) is 5.92 Å². The quantitative estimate of drug-likeness (QED) is 0.717. The molecule has 15 heavy (non-hydrogen) atoms. The molecule has 0 saturated carbocycles. The summed E-state index contributed by atoms with van der Waals surface area (Å²) in [5.41, 5.74) is 1.30. The second kappa shape index (κ2) is 6.64. The molecule has 0 fully saturated rings. The first kappa shape index (κ1) is 12.3. The van der Waals surface area contributed by atoms with Gasteiger partial charge in [-0.1, -0.05) is 13.8 Å². The third-order valence-electron chi connectivity index (χ3n) is 2.34. The molecule has 3 heteroatoms. The molecule has 0 saturated heterocycles. The van der Waals surface area contributed by atoms with E-state index in [1.807, 2.05) is 0 Å². The van der Waals surface area contributed by atoms with Gasteiger partial charge in [0.2, 0.25) is 0 Å². The monoisotopic (exact) mass is 210 g/mol. The van der Waals surface area contributed by atoms with Gasteiger partial charge in [0.05, 0.1) is 0 Å². The fourth-order valence-corrected chi connectivity index (χ4v) is 1.56. The Bertz CT molecular complexity index is 268. The molecule has 3 nitrogen and oxygen atoms in total. The van der Waals surface area contributed by atoms with E-state index in [0.29, 0.717) is 5.92 Å². The lowest BCUT2D eigenvalue weighted by molar-refractivity contribution is 0.279. The molecule has 0 aromatic carbocycles. The van der Waals surface area contributed by atoms with E-state index in [-0.39, 0.29) is 6.61 Å². The van der Waals surface area contributed by atoms with Crippen molar-refractivity contribution in [2.45, 2.75) is 33.4 Å². The van der Waals surface area contributed by atoms with E-state index in [4.69, 9.17) is 5.11 Å². The topological polar surface area (TPSA) is 37.2 Å². The predicted octanol–water partition coefficient (Wildman–Crippen LogP) is 1.62. The lowest BCUT2D eigenvalue weighted by atomic mass is 10.2. The number of aliphatic hydroxyl groups is 1. The first-order chi connectivity index (χ1) is 7.24. The minimum absolute atomic E-state index is 0.261. The summed E-state index contributed by atoms with van der Waals surface area (Å²) in [4.78, 5) is 0. The Balaban J connectivity index is 2.35. The zero-order valence-corrected chi connectivity index (χ0v) is 9.74. The molecule has 0 aliphatic rings. The molecule has 0 aliphatic carbocycles. The Labute approximate surface area is 92.1 Å². The van der Waals surface area contributed by atoms with Crippen LogP contribution in [-0.4, -0.2) is 22.8 Å². The number of aliphatic hydroxyl groups excluding tert-OH is 1. The summed E-state index contributed by atoms with van der Waals surface area (Å²) >= 11 is 0. The van der Waals surface area contributed by atoms with Gasteiger partial charge < -0.3 is 15.0 Å². The molecule has 86 valence electrons. The summed E-state index contributed by atoms with van der Waals surface area (Å²) in [6.07, 6.45) is 2.90. The molecule has 1 rings (SSSR count). The minimum atomic E-state index is 0.261. The summed E-state index contributed by atoms with van der Waals surface area (Å²) in [5, 5.41) is 12.2. The summed E-state index contributed by atoms with van der Waals surface area (Å²) < 4.78 is 2.20. The highest BCUT2D eigenvalue weighted by Crippen LogP contribution is 2.03. The van der Waals surface area contributed by atoms with Crippen molar-refractivity contribution in [3.05, 3.63) is 24.0 Å². The van der Waals surface area contributed by atoms with E-state index in [1.165, 1.54) is 5.69 Å². The zero-order valence-electron chi connectivity index (χ0n) is 9.74. The van der Waals surface area contributed by atoms with Crippen LogP contribution in [-0.2, 0) is 13.1 Å². The number of nitrogens with one attached hydrogen (secondary N) is 1. The summed E-state index contributed by atoms with van der Waals surface area (Å²) in [7, 11) is 0. The number of aromatic nitrogens is 1. The Morgan fingerprint density at radius 3 is 2.93 bits per heavy atom. The van der Waals surface area contributed by atoms with Gasteiger partial charge in [0.1, 0.15) is 0 Å². The number of nitrogens with zero attached hydrogens (tertiary/aromatic N) is 1. The van der Waals surface area contributed by atoms with Crippen LogP contribution in [0.1, 0.15) is 26.0 Å². The van der Waals surface area contributed by atoms with Crippen LogP contribution in [0, 0.1) is 5.92 Å². The van der Waals surface area contributed by atoms with Crippen molar-refractivity contribution in [1.82, 2.24) is 9.88 Å². The van der Waals surface area contributed by atoms with Crippen molar-refractivity contribution in [3.8, 4) is 0 Å². The van der Waals surface area contributed by atoms with Crippen LogP contribution in [0.5, 0.6) is 0 Å². The van der Waals surface area contributed by atoms with Crippen molar-refractivity contribution in [2.75, 3.05) is 13.2 Å². The SMILES string of the molecule is CC(C)CNCc1cccn1CCCO. The third-order valence-corrected chi connectivity index (χ3v) is 2.34. The van der Waals surface area contributed by atoms with Gasteiger partial charge in [0, 0.05) is 31.6 Å². The molecule has 0 spiro atoms. The predicted molar refractivity (Wildman–Crippen MR) is 62.7 cm³/mol. The van der Waals surface area contributed by atoms with E-state index in [0.717, 1.165) is 26.1 Å². The van der Waals surface area contributed by atoms with Crippen LogP contribution in [0.4, 0.5) is 0 Å². The average Bonchev–Trinajstić information content (AvgIpc) is 2.62. The van der Waals surface area contributed by atoms with Crippen LogP contribution in [0.15, 0.2) is 18.3 Å². The zero-order chi connectivity index (χ0) is 11.1. The second-order valence-electron chi connectivity index (χ2n) is 4.29. The number of hydrogen-bond acceptors (Lipinski definition) is 2. The molecule has 0 unspecified atom stereocenters. The molecule has 1 aromatic heterocycles. The molecule has 2 N–H and O–H groups in total. The molecule has 1 aromatic rings. The molecule has 0 aliphatic heterocycles. The van der Waals surface area contributed by atoms with Gasteiger partial charge in [-0.05, 0) is 31.0 Å². The molecule has 1 heterocycles. The third kappa shape index (κ3) is 4.49. The highest BCUT2D eigenvalue weighted by atomic mass is 16.3. The lowest BCUT2D eigenvalue weighted by Crippen LogP contribution is -2.20.